The number of methoxy groups -OCH3 is 1. The van der Waals surface area contributed by atoms with E-state index in [-0.39, 0.29) is 5.91 Å². The van der Waals surface area contributed by atoms with E-state index in [4.69, 9.17) is 4.74 Å². The van der Waals surface area contributed by atoms with Crippen molar-refractivity contribution in [2.45, 2.75) is 19.4 Å². The molecule has 0 spiro atoms. The number of ether oxygens (including phenoxy) is 1. The molecule has 18 heavy (non-hydrogen) atoms. The summed E-state index contributed by atoms with van der Waals surface area (Å²) in [5.41, 5.74) is 0.980. The maximum atomic E-state index is 11.7. The standard InChI is InChI=1S/C13H19N3O2/c1-18-13-3-2-11(9-16-13)8-15-12(17)6-10-4-5-14-7-10/h2-3,9-10,14H,4-8H2,1H3,(H,15,17). The van der Waals surface area contributed by atoms with Gasteiger partial charge in [-0.05, 0) is 31.0 Å². The summed E-state index contributed by atoms with van der Waals surface area (Å²) in [6, 6.07) is 3.70. The Balaban J connectivity index is 1.74. The van der Waals surface area contributed by atoms with Crippen LogP contribution in [0, 0.1) is 5.92 Å². The zero-order valence-electron chi connectivity index (χ0n) is 10.6. The third-order valence-corrected chi connectivity index (χ3v) is 3.13. The van der Waals surface area contributed by atoms with E-state index < -0.39 is 0 Å². The molecule has 5 heteroatoms. The maximum Gasteiger partial charge on any atom is 0.220 e. The molecule has 2 heterocycles. The van der Waals surface area contributed by atoms with Crippen LogP contribution in [0.15, 0.2) is 18.3 Å². The number of hydrogen-bond acceptors (Lipinski definition) is 4. The second kappa shape index (κ2) is 6.35. The first-order valence-electron chi connectivity index (χ1n) is 6.24. The summed E-state index contributed by atoms with van der Waals surface area (Å²) < 4.78 is 4.98. The van der Waals surface area contributed by atoms with Crippen molar-refractivity contribution >= 4 is 5.91 Å². The zero-order chi connectivity index (χ0) is 12.8. The fourth-order valence-corrected chi connectivity index (χ4v) is 2.06. The van der Waals surface area contributed by atoms with Gasteiger partial charge in [-0.2, -0.15) is 0 Å². The van der Waals surface area contributed by atoms with Crippen LogP contribution >= 0.6 is 0 Å². The summed E-state index contributed by atoms with van der Waals surface area (Å²) in [5.74, 6) is 1.18. The molecule has 2 rings (SSSR count). The third-order valence-electron chi connectivity index (χ3n) is 3.13. The second-order valence-corrected chi connectivity index (χ2v) is 4.55. The van der Waals surface area contributed by atoms with Crippen molar-refractivity contribution in [2.75, 3.05) is 20.2 Å². The van der Waals surface area contributed by atoms with Gasteiger partial charge in [-0.25, -0.2) is 4.98 Å². The van der Waals surface area contributed by atoms with Gasteiger partial charge in [0.15, 0.2) is 0 Å². The van der Waals surface area contributed by atoms with Crippen LogP contribution in [0.25, 0.3) is 0 Å². The summed E-state index contributed by atoms with van der Waals surface area (Å²) in [6.45, 7) is 2.51. The van der Waals surface area contributed by atoms with Crippen LogP contribution in [-0.4, -0.2) is 31.1 Å². The Morgan fingerprint density at radius 2 is 2.50 bits per heavy atom. The summed E-state index contributed by atoms with van der Waals surface area (Å²) in [5, 5.41) is 6.18. The quantitative estimate of drug-likeness (QED) is 0.806. The molecule has 1 aromatic rings. The van der Waals surface area contributed by atoms with Crippen LogP contribution in [0.3, 0.4) is 0 Å². The fourth-order valence-electron chi connectivity index (χ4n) is 2.06. The molecule has 0 radical (unpaired) electrons. The highest BCUT2D eigenvalue weighted by Gasteiger charge is 2.17. The van der Waals surface area contributed by atoms with E-state index in [0.717, 1.165) is 25.1 Å². The number of nitrogens with one attached hydrogen (secondary N) is 2. The molecule has 1 atom stereocenters. The molecule has 1 fully saturated rings. The minimum atomic E-state index is 0.111. The van der Waals surface area contributed by atoms with Gasteiger partial charge >= 0.3 is 0 Å². The number of carbonyl (C=O) groups excluding carboxylic acids is 1. The van der Waals surface area contributed by atoms with Crippen molar-refractivity contribution in [1.29, 1.82) is 0 Å². The first kappa shape index (κ1) is 12.8. The van der Waals surface area contributed by atoms with Crippen LogP contribution < -0.4 is 15.4 Å². The Labute approximate surface area is 107 Å². The molecule has 2 N–H and O–H groups in total. The highest BCUT2D eigenvalue weighted by molar-refractivity contribution is 5.76. The number of pyridine rings is 1. The SMILES string of the molecule is COc1ccc(CNC(=O)CC2CCNC2)cn1. The number of hydrogen-bond donors (Lipinski definition) is 2. The average molecular weight is 249 g/mol. The van der Waals surface area contributed by atoms with Crippen LogP contribution in [0.2, 0.25) is 0 Å². The summed E-state index contributed by atoms with van der Waals surface area (Å²) in [6.07, 6.45) is 3.42. The molecule has 1 saturated heterocycles. The Morgan fingerprint density at radius 3 is 3.11 bits per heavy atom. The molecule has 1 unspecified atom stereocenters. The van der Waals surface area contributed by atoms with E-state index in [1.54, 1.807) is 19.4 Å². The Hall–Kier alpha value is -1.62. The minimum absolute atomic E-state index is 0.111. The van der Waals surface area contributed by atoms with E-state index >= 15 is 0 Å². The number of rotatable bonds is 5. The molecule has 98 valence electrons. The molecular formula is C13H19N3O2. The van der Waals surface area contributed by atoms with Gasteiger partial charge in [-0.15, -0.1) is 0 Å². The topological polar surface area (TPSA) is 63.2 Å². The summed E-state index contributed by atoms with van der Waals surface area (Å²) in [4.78, 5) is 15.8. The zero-order valence-corrected chi connectivity index (χ0v) is 10.6. The molecule has 1 amide bonds. The summed E-state index contributed by atoms with van der Waals surface area (Å²) in [7, 11) is 1.58. The van der Waals surface area contributed by atoms with Gasteiger partial charge in [0.25, 0.3) is 0 Å². The van der Waals surface area contributed by atoms with Gasteiger partial charge in [-0.1, -0.05) is 6.07 Å². The van der Waals surface area contributed by atoms with Crippen LogP contribution in [0.5, 0.6) is 5.88 Å². The van der Waals surface area contributed by atoms with E-state index in [9.17, 15) is 4.79 Å². The fraction of sp³-hybridized carbons (Fsp3) is 0.538. The van der Waals surface area contributed by atoms with E-state index in [1.165, 1.54) is 0 Å². The van der Waals surface area contributed by atoms with Crippen molar-refractivity contribution < 1.29 is 9.53 Å². The normalized spacial score (nSPS) is 18.6. The van der Waals surface area contributed by atoms with E-state index in [1.807, 2.05) is 6.07 Å². The Bertz CT molecular complexity index is 386. The lowest BCUT2D eigenvalue weighted by atomic mass is 10.0. The molecular weight excluding hydrogens is 230 g/mol. The lowest BCUT2D eigenvalue weighted by Gasteiger charge is -2.09. The van der Waals surface area contributed by atoms with Crippen molar-refractivity contribution in [3.05, 3.63) is 23.9 Å². The van der Waals surface area contributed by atoms with Crippen molar-refractivity contribution in [1.82, 2.24) is 15.6 Å². The van der Waals surface area contributed by atoms with Crippen LogP contribution in [0.1, 0.15) is 18.4 Å². The molecule has 0 aromatic carbocycles. The van der Waals surface area contributed by atoms with Crippen LogP contribution in [-0.2, 0) is 11.3 Å². The Kier molecular flexibility index (Phi) is 4.52. The number of aromatic nitrogens is 1. The van der Waals surface area contributed by atoms with Crippen molar-refractivity contribution in [2.24, 2.45) is 5.92 Å². The predicted molar refractivity (Wildman–Crippen MR) is 68.2 cm³/mol. The lowest BCUT2D eigenvalue weighted by molar-refractivity contribution is -0.122. The smallest absolute Gasteiger partial charge is 0.220 e. The van der Waals surface area contributed by atoms with Gasteiger partial charge in [0, 0.05) is 25.2 Å². The molecule has 1 aromatic heterocycles. The van der Waals surface area contributed by atoms with Crippen LogP contribution in [0.4, 0.5) is 0 Å². The number of amides is 1. The third kappa shape index (κ3) is 3.70. The van der Waals surface area contributed by atoms with Gasteiger partial charge in [0.1, 0.15) is 0 Å². The van der Waals surface area contributed by atoms with E-state index in [2.05, 4.69) is 15.6 Å². The van der Waals surface area contributed by atoms with Crippen molar-refractivity contribution in [3.8, 4) is 5.88 Å². The number of nitrogens with zero attached hydrogens (tertiary/aromatic N) is 1. The first-order valence-corrected chi connectivity index (χ1v) is 6.24. The second-order valence-electron chi connectivity index (χ2n) is 4.55. The average Bonchev–Trinajstić information content (AvgIpc) is 2.90. The highest BCUT2D eigenvalue weighted by atomic mass is 16.5. The molecule has 0 saturated carbocycles. The number of carbonyl (C=O) groups is 1. The molecule has 0 bridgehead atoms. The molecule has 5 nitrogen and oxygen atoms in total. The van der Waals surface area contributed by atoms with Gasteiger partial charge in [0.05, 0.1) is 7.11 Å². The van der Waals surface area contributed by atoms with Crippen molar-refractivity contribution in [3.63, 3.8) is 0 Å². The van der Waals surface area contributed by atoms with Gasteiger partial charge < -0.3 is 15.4 Å². The molecule has 0 aliphatic carbocycles. The molecule has 1 aliphatic rings. The summed E-state index contributed by atoms with van der Waals surface area (Å²) >= 11 is 0. The van der Waals surface area contributed by atoms with Gasteiger partial charge in [0.2, 0.25) is 11.8 Å². The largest absolute Gasteiger partial charge is 0.481 e. The highest BCUT2D eigenvalue weighted by Crippen LogP contribution is 2.12. The first-order chi connectivity index (χ1) is 8.78. The predicted octanol–water partition coefficient (Wildman–Crippen LogP) is 0.706. The van der Waals surface area contributed by atoms with E-state index in [0.29, 0.717) is 24.8 Å². The van der Waals surface area contributed by atoms with Gasteiger partial charge in [-0.3, -0.25) is 4.79 Å². The maximum absolute atomic E-state index is 11.7. The molecule has 1 aliphatic heterocycles. The minimum Gasteiger partial charge on any atom is -0.481 e. The monoisotopic (exact) mass is 249 g/mol. The lowest BCUT2D eigenvalue weighted by Crippen LogP contribution is -2.25. The Morgan fingerprint density at radius 1 is 1.61 bits per heavy atom.